The number of aromatic amines is 1. The molecule has 0 amide bonds. The largest absolute Gasteiger partial charge is 0.462 e. The molecule has 31 heavy (non-hydrogen) atoms. The molecule has 1 aliphatic rings. The third-order valence-electron chi connectivity index (χ3n) is 5.65. The van der Waals surface area contributed by atoms with Gasteiger partial charge in [0.15, 0.2) is 28.7 Å². The molecule has 1 saturated heterocycles. The summed E-state index contributed by atoms with van der Waals surface area (Å²) < 4.78 is 21.9. The number of pyridine rings is 1. The molecule has 0 atom stereocenters. The first kappa shape index (κ1) is 18.0. The fourth-order valence-corrected chi connectivity index (χ4v) is 4.14. The number of nitrogens with zero attached hydrogens (tertiary/aromatic N) is 5. The lowest BCUT2D eigenvalue weighted by atomic mass is 10.1. The van der Waals surface area contributed by atoms with Crippen molar-refractivity contribution in [3.05, 3.63) is 48.9 Å². The second-order valence-corrected chi connectivity index (χ2v) is 7.58. The van der Waals surface area contributed by atoms with Gasteiger partial charge in [-0.15, -0.1) is 0 Å². The van der Waals surface area contributed by atoms with E-state index in [0.29, 0.717) is 22.9 Å². The van der Waals surface area contributed by atoms with Crippen LogP contribution >= 0.6 is 0 Å². The summed E-state index contributed by atoms with van der Waals surface area (Å²) in [5.74, 6) is 0.715. The topological polar surface area (TPSA) is 109 Å². The fourth-order valence-electron chi connectivity index (χ4n) is 4.14. The molecule has 0 radical (unpaired) electrons. The number of anilines is 2. The molecular weight excluding hydrogens is 399 g/mol. The summed E-state index contributed by atoms with van der Waals surface area (Å²) >= 11 is 0. The highest BCUT2D eigenvalue weighted by molar-refractivity contribution is 5.89. The number of H-pyrrole nitrogens is 1. The molecule has 156 valence electrons. The number of hydrogen-bond acceptors (Lipinski definition) is 7. The van der Waals surface area contributed by atoms with Crippen molar-refractivity contribution in [2.24, 2.45) is 0 Å². The first-order valence-electron chi connectivity index (χ1n) is 10.1. The van der Waals surface area contributed by atoms with Crippen LogP contribution in [0.4, 0.5) is 16.0 Å². The van der Waals surface area contributed by atoms with Crippen LogP contribution in [0.25, 0.3) is 33.5 Å². The van der Waals surface area contributed by atoms with Gasteiger partial charge in [-0.1, -0.05) is 0 Å². The van der Waals surface area contributed by atoms with Crippen molar-refractivity contribution in [1.29, 1.82) is 0 Å². The minimum atomic E-state index is -0.352. The van der Waals surface area contributed by atoms with E-state index in [4.69, 9.17) is 4.42 Å². The van der Waals surface area contributed by atoms with Crippen molar-refractivity contribution in [2.75, 3.05) is 18.4 Å². The van der Waals surface area contributed by atoms with Gasteiger partial charge >= 0.3 is 0 Å². The van der Waals surface area contributed by atoms with E-state index in [9.17, 15) is 4.39 Å². The predicted octanol–water partition coefficient (Wildman–Crippen LogP) is 3.77. The molecule has 0 spiro atoms. The standard InChI is InChI=1S/C21H19FN8O/c22-14-11-30(12-1-5-23-6-2-12)21-19(14)25-10-18(27-21)26-17-9-16(28-29-17)13-3-7-24-15-4-8-31-20(13)15/h3-4,7-12,23H,1-2,5-6H2,(H2,26,27,28,29). The smallest absolute Gasteiger partial charge is 0.168 e. The number of furan rings is 1. The maximum absolute atomic E-state index is 14.4. The average molecular weight is 418 g/mol. The number of aromatic nitrogens is 6. The first-order valence-corrected chi connectivity index (χ1v) is 10.1. The van der Waals surface area contributed by atoms with Gasteiger partial charge < -0.3 is 19.6 Å². The summed E-state index contributed by atoms with van der Waals surface area (Å²) in [7, 11) is 0. The lowest BCUT2D eigenvalue weighted by molar-refractivity contribution is 0.372. The van der Waals surface area contributed by atoms with Crippen LogP contribution in [0.5, 0.6) is 0 Å². The molecule has 5 aromatic heterocycles. The van der Waals surface area contributed by atoms with Gasteiger partial charge in [0.25, 0.3) is 0 Å². The summed E-state index contributed by atoms with van der Waals surface area (Å²) in [6, 6.07) is 5.74. The zero-order chi connectivity index (χ0) is 20.8. The van der Waals surface area contributed by atoms with Gasteiger partial charge in [-0.3, -0.25) is 10.1 Å². The summed E-state index contributed by atoms with van der Waals surface area (Å²) in [6.45, 7) is 1.82. The van der Waals surface area contributed by atoms with E-state index in [1.54, 1.807) is 12.5 Å². The van der Waals surface area contributed by atoms with Gasteiger partial charge in [0.2, 0.25) is 0 Å². The van der Waals surface area contributed by atoms with Gasteiger partial charge in [-0.2, -0.15) is 5.10 Å². The second-order valence-electron chi connectivity index (χ2n) is 7.58. The molecule has 10 heteroatoms. The third-order valence-corrected chi connectivity index (χ3v) is 5.65. The number of halogens is 1. The summed E-state index contributed by atoms with van der Waals surface area (Å²) in [5, 5.41) is 13.8. The molecule has 6 rings (SSSR count). The summed E-state index contributed by atoms with van der Waals surface area (Å²) in [4.78, 5) is 13.2. The van der Waals surface area contributed by atoms with E-state index in [0.717, 1.165) is 42.7 Å². The molecule has 1 fully saturated rings. The predicted molar refractivity (Wildman–Crippen MR) is 114 cm³/mol. The van der Waals surface area contributed by atoms with Crippen molar-refractivity contribution in [3.63, 3.8) is 0 Å². The minimum Gasteiger partial charge on any atom is -0.462 e. The summed E-state index contributed by atoms with van der Waals surface area (Å²) in [5.41, 5.74) is 3.93. The normalized spacial score (nSPS) is 15.1. The van der Waals surface area contributed by atoms with Crippen LogP contribution < -0.4 is 10.6 Å². The maximum Gasteiger partial charge on any atom is 0.168 e. The van der Waals surface area contributed by atoms with E-state index >= 15 is 0 Å². The number of piperidine rings is 1. The van der Waals surface area contributed by atoms with E-state index in [1.807, 2.05) is 22.8 Å². The third kappa shape index (κ3) is 3.12. The van der Waals surface area contributed by atoms with Gasteiger partial charge in [0.1, 0.15) is 11.0 Å². The zero-order valence-electron chi connectivity index (χ0n) is 16.5. The molecule has 9 nitrogen and oxygen atoms in total. The maximum atomic E-state index is 14.4. The Morgan fingerprint density at radius 2 is 2.06 bits per heavy atom. The molecular formula is C21H19FN8O. The number of nitrogens with one attached hydrogen (secondary N) is 3. The number of hydrogen-bond donors (Lipinski definition) is 3. The Kier molecular flexibility index (Phi) is 4.17. The minimum absolute atomic E-state index is 0.206. The lowest BCUT2D eigenvalue weighted by Gasteiger charge is -2.24. The van der Waals surface area contributed by atoms with Gasteiger partial charge in [-0.05, 0) is 32.0 Å². The van der Waals surface area contributed by atoms with Crippen LogP contribution in [-0.4, -0.2) is 42.8 Å². The fraction of sp³-hybridized carbons (Fsp3) is 0.238. The van der Waals surface area contributed by atoms with Gasteiger partial charge in [0, 0.05) is 36.1 Å². The van der Waals surface area contributed by atoms with Crippen LogP contribution in [0.2, 0.25) is 0 Å². The zero-order valence-corrected chi connectivity index (χ0v) is 16.5. The van der Waals surface area contributed by atoms with E-state index in [2.05, 4.69) is 35.8 Å². The van der Waals surface area contributed by atoms with Gasteiger partial charge in [0.05, 0.1) is 18.2 Å². The highest BCUT2D eigenvalue weighted by Gasteiger charge is 2.21. The second kappa shape index (κ2) is 7.17. The molecule has 0 aliphatic carbocycles. The van der Waals surface area contributed by atoms with E-state index in [-0.39, 0.29) is 17.4 Å². The Balaban J connectivity index is 1.32. The molecule has 0 unspecified atom stereocenters. The highest BCUT2D eigenvalue weighted by atomic mass is 19.1. The molecule has 0 saturated carbocycles. The van der Waals surface area contributed by atoms with E-state index in [1.165, 1.54) is 12.4 Å². The molecule has 1 aliphatic heterocycles. The van der Waals surface area contributed by atoms with Crippen LogP contribution in [0.1, 0.15) is 18.9 Å². The van der Waals surface area contributed by atoms with Crippen LogP contribution in [0.15, 0.2) is 47.5 Å². The Hall–Kier alpha value is -3.79. The highest BCUT2D eigenvalue weighted by Crippen LogP contribution is 2.30. The average Bonchev–Trinajstić information content (AvgIpc) is 3.53. The van der Waals surface area contributed by atoms with Crippen molar-refractivity contribution >= 4 is 33.9 Å². The molecule has 6 heterocycles. The van der Waals surface area contributed by atoms with Crippen LogP contribution in [0, 0.1) is 5.82 Å². The van der Waals surface area contributed by atoms with Crippen LogP contribution in [0.3, 0.4) is 0 Å². The van der Waals surface area contributed by atoms with Crippen molar-refractivity contribution in [2.45, 2.75) is 18.9 Å². The first-order chi connectivity index (χ1) is 15.3. The van der Waals surface area contributed by atoms with Gasteiger partial charge in [-0.25, -0.2) is 14.4 Å². The Bertz CT molecular complexity index is 1380. The van der Waals surface area contributed by atoms with Crippen molar-refractivity contribution < 1.29 is 8.81 Å². The molecule has 5 aromatic rings. The molecule has 0 aromatic carbocycles. The van der Waals surface area contributed by atoms with Crippen molar-refractivity contribution in [3.8, 4) is 11.3 Å². The number of rotatable bonds is 4. The number of fused-ring (bicyclic) bond motifs is 2. The summed E-state index contributed by atoms with van der Waals surface area (Å²) in [6.07, 6.45) is 8.22. The van der Waals surface area contributed by atoms with Crippen molar-refractivity contribution in [1.82, 2.24) is 35.0 Å². The SMILES string of the molecule is Fc1cn(C2CCNCC2)c2nc(Nc3cc(-c4ccnc5ccoc45)[nH]n3)cnc12. The molecule has 0 bridgehead atoms. The Labute approximate surface area is 175 Å². The Morgan fingerprint density at radius 1 is 1.16 bits per heavy atom. The Morgan fingerprint density at radius 3 is 2.97 bits per heavy atom. The molecule has 3 N–H and O–H groups in total. The van der Waals surface area contributed by atoms with E-state index < -0.39 is 0 Å². The quantitative estimate of drug-likeness (QED) is 0.408. The lowest BCUT2D eigenvalue weighted by Crippen LogP contribution is -2.29. The van der Waals surface area contributed by atoms with Crippen LogP contribution in [-0.2, 0) is 0 Å². The monoisotopic (exact) mass is 418 g/mol.